The maximum Gasteiger partial charge on any atom is 0.354 e. The second-order valence-corrected chi connectivity index (χ2v) is 7.15. The summed E-state index contributed by atoms with van der Waals surface area (Å²) in [6, 6.07) is -0.699. The average molecular weight is 350 g/mol. The molecule has 0 bridgehead atoms. The summed E-state index contributed by atoms with van der Waals surface area (Å²) < 4.78 is 4.75. The molecule has 140 valence electrons. The molecule has 0 spiro atoms. The van der Waals surface area contributed by atoms with Gasteiger partial charge in [-0.3, -0.25) is 9.59 Å². The van der Waals surface area contributed by atoms with Crippen molar-refractivity contribution in [1.29, 1.82) is 0 Å². The first-order chi connectivity index (χ1) is 11.5. The molecule has 1 amide bonds. The summed E-state index contributed by atoms with van der Waals surface area (Å²) in [6.07, 6.45) is 0.397. The monoisotopic (exact) mass is 350 g/mol. The Bertz CT molecular complexity index is 659. The number of carbonyl (C=O) groups is 3. The number of aryl methyl sites for hydroxylation is 1. The lowest BCUT2D eigenvalue weighted by atomic mass is 9.98. The molecule has 0 saturated heterocycles. The zero-order valence-electron chi connectivity index (χ0n) is 16.5. The Kier molecular flexibility index (Phi) is 6.96. The van der Waals surface area contributed by atoms with E-state index in [2.05, 4.69) is 4.98 Å². The van der Waals surface area contributed by atoms with Crippen molar-refractivity contribution in [2.24, 2.45) is 5.92 Å². The summed E-state index contributed by atoms with van der Waals surface area (Å²) in [5, 5.41) is 0. The van der Waals surface area contributed by atoms with Gasteiger partial charge in [-0.05, 0) is 46.1 Å². The molecule has 0 saturated carbocycles. The Hall–Kier alpha value is -2.11. The summed E-state index contributed by atoms with van der Waals surface area (Å²) in [5.41, 5.74) is 1.90. The van der Waals surface area contributed by atoms with E-state index in [1.165, 1.54) is 7.11 Å². The molecule has 0 aliphatic heterocycles. The molecule has 0 aliphatic rings. The van der Waals surface area contributed by atoms with E-state index in [4.69, 9.17) is 4.74 Å². The van der Waals surface area contributed by atoms with Gasteiger partial charge in [0, 0.05) is 23.7 Å². The quantitative estimate of drug-likeness (QED) is 0.604. The van der Waals surface area contributed by atoms with E-state index in [-0.39, 0.29) is 29.3 Å². The largest absolute Gasteiger partial charge is 0.464 e. The number of nitrogens with one attached hydrogen (secondary N) is 1. The molecule has 25 heavy (non-hydrogen) atoms. The number of ketones is 1. The molecule has 6 nitrogen and oxygen atoms in total. The van der Waals surface area contributed by atoms with Crippen LogP contribution in [0.1, 0.15) is 73.1 Å². The number of rotatable bonds is 7. The fourth-order valence-electron chi connectivity index (χ4n) is 3.17. The fourth-order valence-corrected chi connectivity index (χ4v) is 3.17. The Balaban J connectivity index is 3.22. The molecule has 0 fully saturated rings. The van der Waals surface area contributed by atoms with Gasteiger partial charge in [0.15, 0.2) is 5.78 Å². The minimum atomic E-state index is -0.607. The zero-order valence-corrected chi connectivity index (χ0v) is 16.5. The van der Waals surface area contributed by atoms with Crippen LogP contribution in [-0.4, -0.2) is 46.7 Å². The highest BCUT2D eigenvalue weighted by molar-refractivity contribution is 6.06. The number of hydrogen-bond donors (Lipinski definition) is 1. The summed E-state index contributed by atoms with van der Waals surface area (Å²) >= 11 is 0. The van der Waals surface area contributed by atoms with Crippen LogP contribution in [-0.2, 0) is 9.53 Å². The van der Waals surface area contributed by atoms with Gasteiger partial charge in [-0.25, -0.2) is 4.79 Å². The van der Waals surface area contributed by atoms with Gasteiger partial charge in [0.2, 0.25) is 5.91 Å². The first-order valence-electron chi connectivity index (χ1n) is 8.65. The van der Waals surface area contributed by atoms with Crippen molar-refractivity contribution >= 4 is 17.7 Å². The maximum absolute atomic E-state index is 13.1. The standard InChI is InChI=1S/C19H30N2O4/c1-10(2)9-15(22)21(11(3)4)14(7)18(23)16-12(5)17(19(24)25-8)20-13(16)6/h10-11,14,20H,9H2,1-8H3. The maximum atomic E-state index is 13.1. The molecule has 1 heterocycles. The van der Waals surface area contributed by atoms with Crippen molar-refractivity contribution in [1.82, 2.24) is 9.88 Å². The van der Waals surface area contributed by atoms with E-state index >= 15 is 0 Å². The molecule has 1 N–H and O–H groups in total. The van der Waals surface area contributed by atoms with E-state index in [0.29, 0.717) is 23.2 Å². The Morgan fingerprint density at radius 1 is 1.08 bits per heavy atom. The predicted octanol–water partition coefficient (Wildman–Crippen LogP) is 3.27. The lowest BCUT2D eigenvalue weighted by Gasteiger charge is -2.33. The molecule has 1 aromatic rings. The van der Waals surface area contributed by atoms with Crippen molar-refractivity contribution in [3.63, 3.8) is 0 Å². The highest BCUT2D eigenvalue weighted by Crippen LogP contribution is 2.23. The number of nitrogens with zero attached hydrogens (tertiary/aromatic N) is 1. The third-order valence-electron chi connectivity index (χ3n) is 4.30. The van der Waals surface area contributed by atoms with Crippen molar-refractivity contribution < 1.29 is 19.1 Å². The van der Waals surface area contributed by atoms with E-state index in [1.54, 1.807) is 25.7 Å². The number of ether oxygens (including phenoxy) is 1. The van der Waals surface area contributed by atoms with Crippen LogP contribution in [0.4, 0.5) is 0 Å². The van der Waals surface area contributed by atoms with Gasteiger partial charge < -0.3 is 14.6 Å². The first-order valence-corrected chi connectivity index (χ1v) is 8.65. The number of amides is 1. The van der Waals surface area contributed by atoms with Crippen molar-refractivity contribution in [2.45, 2.75) is 67.0 Å². The van der Waals surface area contributed by atoms with Gasteiger partial charge in [0.1, 0.15) is 5.69 Å². The number of carbonyl (C=O) groups excluding carboxylic acids is 3. The third kappa shape index (κ3) is 4.50. The van der Waals surface area contributed by atoms with Crippen LogP contribution in [0.25, 0.3) is 0 Å². The Morgan fingerprint density at radius 3 is 2.08 bits per heavy atom. The van der Waals surface area contributed by atoms with E-state index in [0.717, 1.165) is 0 Å². The minimum Gasteiger partial charge on any atom is -0.464 e. The molecule has 1 atom stereocenters. The average Bonchev–Trinajstić information content (AvgIpc) is 2.79. The predicted molar refractivity (Wildman–Crippen MR) is 96.8 cm³/mol. The number of Topliss-reactive ketones (excluding diaryl/α,β-unsaturated/α-hetero) is 1. The van der Waals surface area contributed by atoms with Gasteiger partial charge in [-0.1, -0.05) is 13.8 Å². The zero-order chi connectivity index (χ0) is 19.5. The molecule has 1 unspecified atom stereocenters. The lowest BCUT2D eigenvalue weighted by molar-refractivity contribution is -0.135. The number of hydrogen-bond acceptors (Lipinski definition) is 4. The molecular formula is C19H30N2O4. The molecular weight excluding hydrogens is 320 g/mol. The van der Waals surface area contributed by atoms with Crippen molar-refractivity contribution in [3.8, 4) is 0 Å². The molecule has 1 aromatic heterocycles. The SMILES string of the molecule is COC(=O)c1[nH]c(C)c(C(=O)C(C)N(C(=O)CC(C)C)C(C)C)c1C. The highest BCUT2D eigenvalue weighted by Gasteiger charge is 2.32. The summed E-state index contributed by atoms with van der Waals surface area (Å²) in [4.78, 5) is 42.1. The van der Waals surface area contributed by atoms with Crippen LogP contribution >= 0.6 is 0 Å². The summed E-state index contributed by atoms with van der Waals surface area (Å²) in [7, 11) is 1.30. The van der Waals surface area contributed by atoms with E-state index in [9.17, 15) is 14.4 Å². The van der Waals surface area contributed by atoms with E-state index in [1.807, 2.05) is 27.7 Å². The smallest absolute Gasteiger partial charge is 0.354 e. The van der Waals surface area contributed by atoms with Gasteiger partial charge in [0.05, 0.1) is 13.2 Å². The summed E-state index contributed by atoms with van der Waals surface area (Å²) in [5.74, 6) is -0.501. The normalized spacial score (nSPS) is 12.4. The number of methoxy groups -OCH3 is 1. The van der Waals surface area contributed by atoms with Gasteiger partial charge in [-0.2, -0.15) is 0 Å². The van der Waals surface area contributed by atoms with Crippen LogP contribution in [0, 0.1) is 19.8 Å². The number of aromatic nitrogens is 1. The minimum absolute atomic E-state index is 0.0371. The van der Waals surface area contributed by atoms with Crippen LogP contribution in [0.2, 0.25) is 0 Å². The second-order valence-electron chi connectivity index (χ2n) is 7.15. The number of aromatic amines is 1. The second kappa shape index (κ2) is 8.32. The fraction of sp³-hybridized carbons (Fsp3) is 0.632. The Morgan fingerprint density at radius 2 is 1.64 bits per heavy atom. The molecule has 6 heteroatoms. The highest BCUT2D eigenvalue weighted by atomic mass is 16.5. The van der Waals surface area contributed by atoms with Crippen LogP contribution < -0.4 is 0 Å². The number of H-pyrrole nitrogens is 1. The molecule has 0 aliphatic carbocycles. The number of esters is 1. The van der Waals surface area contributed by atoms with Crippen LogP contribution in [0.3, 0.4) is 0 Å². The molecule has 0 radical (unpaired) electrons. The van der Waals surface area contributed by atoms with Crippen LogP contribution in [0.5, 0.6) is 0 Å². The molecule has 1 rings (SSSR count). The van der Waals surface area contributed by atoms with Gasteiger partial charge in [-0.15, -0.1) is 0 Å². The van der Waals surface area contributed by atoms with Gasteiger partial charge in [0.25, 0.3) is 0 Å². The lowest BCUT2D eigenvalue weighted by Crippen LogP contribution is -2.47. The topological polar surface area (TPSA) is 79.5 Å². The van der Waals surface area contributed by atoms with Crippen molar-refractivity contribution in [3.05, 3.63) is 22.5 Å². The summed E-state index contributed by atoms with van der Waals surface area (Å²) in [6.45, 7) is 13.0. The molecule has 0 aromatic carbocycles. The third-order valence-corrected chi connectivity index (χ3v) is 4.30. The Labute approximate surface area is 149 Å². The van der Waals surface area contributed by atoms with E-state index < -0.39 is 12.0 Å². The van der Waals surface area contributed by atoms with Gasteiger partial charge >= 0.3 is 5.97 Å². The van der Waals surface area contributed by atoms with Crippen molar-refractivity contribution in [2.75, 3.05) is 7.11 Å². The van der Waals surface area contributed by atoms with Crippen LogP contribution in [0.15, 0.2) is 0 Å². The first kappa shape index (κ1) is 20.9.